The summed E-state index contributed by atoms with van der Waals surface area (Å²) in [4.78, 5) is 10.8. The van der Waals surface area contributed by atoms with Crippen molar-refractivity contribution in [3.63, 3.8) is 0 Å². The standard InChI is InChI=1S/C12H24NO2.ClH/c1-6-8-11(3)13(4,5)9-10-15-12(14)7-2;/h7,11H,2,6,8-10H2,1,3-5H3;1H/q+1;/p-1. The van der Waals surface area contributed by atoms with E-state index in [0.29, 0.717) is 12.6 Å². The Bertz CT molecular complexity index is 217. The SMILES string of the molecule is C=CC(=O)OCC[N+](C)(C)C(C)CCC.[Cl-]. The summed E-state index contributed by atoms with van der Waals surface area (Å²) in [5.74, 6) is -0.335. The van der Waals surface area contributed by atoms with Gasteiger partial charge in [-0.15, -0.1) is 0 Å². The molecule has 0 saturated heterocycles. The van der Waals surface area contributed by atoms with E-state index in [1.165, 1.54) is 18.9 Å². The van der Waals surface area contributed by atoms with E-state index in [1.54, 1.807) is 0 Å². The van der Waals surface area contributed by atoms with E-state index < -0.39 is 0 Å². The Morgan fingerprint density at radius 2 is 2.06 bits per heavy atom. The van der Waals surface area contributed by atoms with E-state index in [4.69, 9.17) is 4.74 Å². The Kier molecular flexibility index (Phi) is 9.58. The zero-order chi connectivity index (χ0) is 11.9. The molecule has 0 saturated carbocycles. The maximum Gasteiger partial charge on any atom is 0.330 e. The summed E-state index contributed by atoms with van der Waals surface area (Å²) in [6.07, 6.45) is 3.59. The molecular weight excluding hydrogens is 226 g/mol. The number of likely N-dealkylation sites (N-methyl/N-ethyl adjacent to an activating group) is 1. The second kappa shape index (κ2) is 8.59. The highest BCUT2D eigenvalue weighted by molar-refractivity contribution is 5.81. The van der Waals surface area contributed by atoms with Gasteiger partial charge in [-0.3, -0.25) is 0 Å². The van der Waals surface area contributed by atoms with E-state index >= 15 is 0 Å². The summed E-state index contributed by atoms with van der Waals surface area (Å²) >= 11 is 0. The average molecular weight is 250 g/mol. The van der Waals surface area contributed by atoms with Crippen LogP contribution in [0.25, 0.3) is 0 Å². The van der Waals surface area contributed by atoms with Crippen LogP contribution in [-0.4, -0.2) is 43.7 Å². The van der Waals surface area contributed by atoms with Crippen LogP contribution in [0.1, 0.15) is 26.7 Å². The first kappa shape index (κ1) is 17.8. The fraction of sp³-hybridized carbons (Fsp3) is 0.750. The lowest BCUT2D eigenvalue weighted by Crippen LogP contribution is -3.00. The molecule has 3 nitrogen and oxygen atoms in total. The predicted octanol–water partition coefficient (Wildman–Crippen LogP) is -1.02. The van der Waals surface area contributed by atoms with Gasteiger partial charge in [0.15, 0.2) is 0 Å². The Hall–Kier alpha value is -0.540. The molecule has 0 aliphatic carbocycles. The molecule has 0 heterocycles. The third kappa shape index (κ3) is 6.85. The Morgan fingerprint density at radius 3 is 2.50 bits per heavy atom. The number of hydrogen-bond acceptors (Lipinski definition) is 2. The van der Waals surface area contributed by atoms with Gasteiger partial charge in [0.1, 0.15) is 13.2 Å². The van der Waals surface area contributed by atoms with Crippen molar-refractivity contribution in [2.24, 2.45) is 0 Å². The van der Waals surface area contributed by atoms with Crippen molar-refractivity contribution in [2.75, 3.05) is 27.2 Å². The molecule has 0 N–H and O–H groups in total. The van der Waals surface area contributed by atoms with E-state index in [2.05, 4.69) is 34.5 Å². The van der Waals surface area contributed by atoms with Crippen molar-refractivity contribution in [3.8, 4) is 0 Å². The summed E-state index contributed by atoms with van der Waals surface area (Å²) in [5.41, 5.74) is 0. The average Bonchev–Trinajstić information content (AvgIpc) is 2.17. The van der Waals surface area contributed by atoms with Gasteiger partial charge in [-0.25, -0.2) is 4.79 Å². The van der Waals surface area contributed by atoms with E-state index in [9.17, 15) is 4.79 Å². The minimum Gasteiger partial charge on any atom is -1.00 e. The van der Waals surface area contributed by atoms with Gasteiger partial charge in [0.05, 0.1) is 20.1 Å². The van der Waals surface area contributed by atoms with Crippen LogP contribution in [0.5, 0.6) is 0 Å². The van der Waals surface area contributed by atoms with Gasteiger partial charge in [-0.2, -0.15) is 0 Å². The first-order valence-corrected chi connectivity index (χ1v) is 5.56. The maximum atomic E-state index is 10.8. The van der Waals surface area contributed by atoms with Crippen LogP contribution in [-0.2, 0) is 9.53 Å². The van der Waals surface area contributed by atoms with Crippen LogP contribution in [0.15, 0.2) is 12.7 Å². The predicted molar refractivity (Wildman–Crippen MR) is 62.5 cm³/mol. The molecule has 0 amide bonds. The third-order valence-electron chi connectivity index (χ3n) is 2.98. The quantitative estimate of drug-likeness (QED) is 0.328. The molecule has 0 bridgehead atoms. The zero-order valence-corrected chi connectivity index (χ0v) is 11.6. The van der Waals surface area contributed by atoms with Crippen molar-refractivity contribution >= 4 is 5.97 Å². The summed E-state index contributed by atoms with van der Waals surface area (Å²) in [5, 5.41) is 0. The molecule has 0 aromatic heterocycles. The van der Waals surface area contributed by atoms with Gasteiger partial charge in [0, 0.05) is 6.08 Å². The molecule has 0 spiro atoms. The summed E-state index contributed by atoms with van der Waals surface area (Å²) in [7, 11) is 4.34. The minimum absolute atomic E-state index is 0. The molecule has 0 fully saturated rings. The zero-order valence-electron chi connectivity index (χ0n) is 10.8. The lowest BCUT2D eigenvalue weighted by Gasteiger charge is -2.35. The lowest BCUT2D eigenvalue weighted by molar-refractivity contribution is -0.913. The highest BCUT2D eigenvalue weighted by Crippen LogP contribution is 2.11. The number of esters is 1. The number of quaternary nitrogens is 1. The molecule has 0 rings (SSSR count). The molecule has 16 heavy (non-hydrogen) atoms. The Labute approximate surface area is 105 Å². The summed E-state index contributed by atoms with van der Waals surface area (Å²) in [6, 6.07) is 0.595. The second-order valence-corrected chi connectivity index (χ2v) is 4.51. The smallest absolute Gasteiger partial charge is 0.330 e. The van der Waals surface area contributed by atoms with Crippen molar-refractivity contribution in [1.29, 1.82) is 0 Å². The maximum absolute atomic E-state index is 10.8. The summed E-state index contributed by atoms with van der Waals surface area (Å²) < 4.78 is 5.87. The fourth-order valence-electron chi connectivity index (χ4n) is 1.43. The largest absolute Gasteiger partial charge is 1.00 e. The van der Waals surface area contributed by atoms with Crippen LogP contribution in [0, 0.1) is 0 Å². The number of hydrogen-bond donors (Lipinski definition) is 0. The van der Waals surface area contributed by atoms with Crippen molar-refractivity contribution < 1.29 is 26.4 Å². The minimum atomic E-state index is -0.335. The first-order chi connectivity index (χ1) is 6.94. The number of carbonyl (C=O) groups excluding carboxylic acids is 1. The Balaban J connectivity index is 0. The van der Waals surface area contributed by atoms with Crippen molar-refractivity contribution in [2.45, 2.75) is 32.7 Å². The molecule has 0 aliphatic rings. The van der Waals surface area contributed by atoms with Crippen LogP contribution in [0.3, 0.4) is 0 Å². The molecule has 1 atom stereocenters. The van der Waals surface area contributed by atoms with E-state index in [1.807, 2.05) is 0 Å². The molecule has 4 heteroatoms. The van der Waals surface area contributed by atoms with Gasteiger partial charge in [0.2, 0.25) is 0 Å². The Morgan fingerprint density at radius 1 is 1.50 bits per heavy atom. The fourth-order valence-corrected chi connectivity index (χ4v) is 1.43. The van der Waals surface area contributed by atoms with Crippen LogP contribution >= 0.6 is 0 Å². The highest BCUT2D eigenvalue weighted by Gasteiger charge is 2.22. The second-order valence-electron chi connectivity index (χ2n) is 4.51. The number of rotatable bonds is 7. The highest BCUT2D eigenvalue weighted by atomic mass is 35.5. The monoisotopic (exact) mass is 249 g/mol. The molecular formula is C12H24ClNO2. The third-order valence-corrected chi connectivity index (χ3v) is 2.98. The number of halogens is 1. The molecule has 0 radical (unpaired) electrons. The van der Waals surface area contributed by atoms with Crippen LogP contribution in [0.2, 0.25) is 0 Å². The molecule has 0 aliphatic heterocycles. The van der Waals surface area contributed by atoms with Gasteiger partial charge in [0.25, 0.3) is 0 Å². The normalized spacial score (nSPS) is 12.5. The number of carbonyl (C=O) groups is 1. The molecule has 96 valence electrons. The van der Waals surface area contributed by atoms with Crippen LogP contribution in [0.4, 0.5) is 0 Å². The van der Waals surface area contributed by atoms with Gasteiger partial charge in [-0.1, -0.05) is 19.9 Å². The molecule has 1 unspecified atom stereocenters. The van der Waals surface area contributed by atoms with Gasteiger partial charge < -0.3 is 21.6 Å². The van der Waals surface area contributed by atoms with Gasteiger partial charge >= 0.3 is 5.97 Å². The first-order valence-electron chi connectivity index (χ1n) is 5.56. The molecule has 0 aromatic carbocycles. The summed E-state index contributed by atoms with van der Waals surface area (Å²) in [6.45, 7) is 9.10. The number of nitrogens with zero attached hydrogens (tertiary/aromatic N) is 1. The van der Waals surface area contributed by atoms with Crippen molar-refractivity contribution in [1.82, 2.24) is 0 Å². The van der Waals surface area contributed by atoms with Crippen molar-refractivity contribution in [3.05, 3.63) is 12.7 Å². The topological polar surface area (TPSA) is 26.3 Å². The lowest BCUT2D eigenvalue weighted by atomic mass is 10.1. The van der Waals surface area contributed by atoms with Crippen LogP contribution < -0.4 is 12.4 Å². The van der Waals surface area contributed by atoms with Gasteiger partial charge in [-0.05, 0) is 13.3 Å². The molecule has 0 aromatic rings. The number of ether oxygens (including phenoxy) is 1. The van der Waals surface area contributed by atoms with E-state index in [-0.39, 0.29) is 18.4 Å². The van der Waals surface area contributed by atoms with E-state index in [0.717, 1.165) is 11.0 Å².